The minimum Gasteiger partial charge on any atom is -0.378 e. The molecule has 2 saturated heterocycles. The highest BCUT2D eigenvalue weighted by atomic mass is 16.5. The molecule has 3 heterocycles. The molecule has 1 atom stereocenters. The first-order valence-corrected chi connectivity index (χ1v) is 8.24. The zero-order valence-electron chi connectivity index (χ0n) is 13.5. The lowest BCUT2D eigenvalue weighted by atomic mass is 9.94. The molecule has 0 saturated carbocycles. The molecule has 0 bridgehead atoms. The van der Waals surface area contributed by atoms with Crippen LogP contribution in [0.2, 0.25) is 0 Å². The number of aromatic nitrogens is 1. The third kappa shape index (κ3) is 3.09. The van der Waals surface area contributed by atoms with Crippen LogP contribution >= 0.6 is 0 Å². The van der Waals surface area contributed by atoms with E-state index in [1.807, 2.05) is 4.90 Å². The van der Waals surface area contributed by atoms with Crippen LogP contribution in [0.4, 0.5) is 5.82 Å². The molecule has 0 spiro atoms. The van der Waals surface area contributed by atoms with E-state index in [2.05, 4.69) is 24.0 Å². The fraction of sp³-hybridized carbons (Fsp3) is 0.647. The molecule has 1 amide bonds. The van der Waals surface area contributed by atoms with Crippen molar-refractivity contribution < 1.29 is 9.53 Å². The minimum atomic E-state index is 0.168. The van der Waals surface area contributed by atoms with Crippen LogP contribution in [-0.4, -0.2) is 48.6 Å². The first-order chi connectivity index (χ1) is 10.7. The Labute approximate surface area is 132 Å². The minimum absolute atomic E-state index is 0.168. The average molecular weight is 303 g/mol. The summed E-state index contributed by atoms with van der Waals surface area (Å²) in [7, 11) is 0. The number of nitrogens with zero attached hydrogens (tertiary/aromatic N) is 3. The predicted octanol–water partition coefficient (Wildman–Crippen LogP) is 2.30. The molecular formula is C17H25N3O2. The number of ether oxygens (including phenoxy) is 1. The Kier molecular flexibility index (Phi) is 4.62. The number of carbonyl (C=O) groups excluding carboxylic acids is 1. The van der Waals surface area contributed by atoms with Crippen LogP contribution in [0.5, 0.6) is 0 Å². The quantitative estimate of drug-likeness (QED) is 0.841. The number of amides is 1. The fourth-order valence-electron chi connectivity index (χ4n) is 3.51. The topological polar surface area (TPSA) is 45.7 Å². The lowest BCUT2D eigenvalue weighted by Gasteiger charge is -2.36. The molecule has 3 rings (SSSR count). The summed E-state index contributed by atoms with van der Waals surface area (Å²) in [5.41, 5.74) is 2.24. The van der Waals surface area contributed by atoms with E-state index in [1.165, 1.54) is 12.0 Å². The van der Waals surface area contributed by atoms with Gasteiger partial charge in [0.25, 0.3) is 0 Å². The van der Waals surface area contributed by atoms with Crippen LogP contribution in [0.15, 0.2) is 12.1 Å². The van der Waals surface area contributed by atoms with E-state index in [9.17, 15) is 4.79 Å². The Morgan fingerprint density at radius 2 is 2.00 bits per heavy atom. The molecule has 120 valence electrons. The van der Waals surface area contributed by atoms with Gasteiger partial charge in [0.2, 0.25) is 5.91 Å². The first kappa shape index (κ1) is 15.3. The molecule has 22 heavy (non-hydrogen) atoms. The maximum Gasteiger partial charge on any atom is 0.219 e. The molecule has 0 aromatic carbocycles. The Morgan fingerprint density at radius 1 is 1.23 bits per heavy atom. The van der Waals surface area contributed by atoms with Crippen molar-refractivity contribution in [3.8, 4) is 0 Å². The molecule has 0 unspecified atom stereocenters. The second-order valence-corrected chi connectivity index (χ2v) is 6.17. The number of anilines is 1. The van der Waals surface area contributed by atoms with Gasteiger partial charge < -0.3 is 14.5 Å². The largest absolute Gasteiger partial charge is 0.378 e. The third-order valence-corrected chi connectivity index (χ3v) is 4.71. The summed E-state index contributed by atoms with van der Waals surface area (Å²) in [6, 6.07) is 4.46. The van der Waals surface area contributed by atoms with Crippen molar-refractivity contribution in [2.45, 2.75) is 39.2 Å². The zero-order chi connectivity index (χ0) is 15.5. The molecule has 0 radical (unpaired) electrons. The van der Waals surface area contributed by atoms with E-state index in [1.54, 1.807) is 6.92 Å². The van der Waals surface area contributed by atoms with Gasteiger partial charge in [0.15, 0.2) is 0 Å². The van der Waals surface area contributed by atoms with Crippen LogP contribution < -0.4 is 4.90 Å². The van der Waals surface area contributed by atoms with E-state index in [0.29, 0.717) is 0 Å². The monoisotopic (exact) mass is 303 g/mol. The fourth-order valence-corrected chi connectivity index (χ4v) is 3.51. The second kappa shape index (κ2) is 6.65. The van der Waals surface area contributed by atoms with Crippen molar-refractivity contribution in [1.82, 2.24) is 9.88 Å². The van der Waals surface area contributed by atoms with Gasteiger partial charge in [-0.1, -0.05) is 6.07 Å². The van der Waals surface area contributed by atoms with Gasteiger partial charge >= 0.3 is 0 Å². The summed E-state index contributed by atoms with van der Waals surface area (Å²) in [5, 5.41) is 0. The van der Waals surface area contributed by atoms with Crippen LogP contribution in [0.3, 0.4) is 0 Å². The van der Waals surface area contributed by atoms with Crippen molar-refractivity contribution in [1.29, 1.82) is 0 Å². The molecule has 2 aliphatic heterocycles. The number of aryl methyl sites for hydroxylation is 1. The van der Waals surface area contributed by atoms with Gasteiger partial charge in [0.1, 0.15) is 5.82 Å². The van der Waals surface area contributed by atoms with Crippen LogP contribution in [-0.2, 0) is 9.53 Å². The summed E-state index contributed by atoms with van der Waals surface area (Å²) in [4.78, 5) is 21.0. The van der Waals surface area contributed by atoms with Crippen molar-refractivity contribution in [3.63, 3.8) is 0 Å². The van der Waals surface area contributed by atoms with Gasteiger partial charge in [-0.05, 0) is 37.8 Å². The summed E-state index contributed by atoms with van der Waals surface area (Å²) in [5.74, 6) is 1.19. The highest BCUT2D eigenvalue weighted by Gasteiger charge is 2.27. The van der Waals surface area contributed by atoms with E-state index in [-0.39, 0.29) is 11.9 Å². The predicted molar refractivity (Wildman–Crippen MR) is 86.0 cm³/mol. The summed E-state index contributed by atoms with van der Waals surface area (Å²) >= 11 is 0. The highest BCUT2D eigenvalue weighted by molar-refractivity contribution is 5.74. The number of likely N-dealkylation sites (tertiary alicyclic amines) is 1. The summed E-state index contributed by atoms with van der Waals surface area (Å²) < 4.78 is 5.40. The Bertz CT molecular complexity index is 541. The second-order valence-electron chi connectivity index (χ2n) is 6.17. The number of pyridine rings is 1. The number of hydrogen-bond acceptors (Lipinski definition) is 4. The van der Waals surface area contributed by atoms with Crippen molar-refractivity contribution in [3.05, 3.63) is 23.4 Å². The molecule has 0 aliphatic carbocycles. The SMILES string of the molecule is CC(=O)N1CCCC[C@H]1c1ccc(N2CCOCC2)nc1C. The summed E-state index contributed by atoms with van der Waals surface area (Å²) in [6.45, 7) is 7.93. The van der Waals surface area contributed by atoms with Gasteiger partial charge in [-0.2, -0.15) is 0 Å². The maximum atomic E-state index is 11.9. The average Bonchev–Trinajstić information content (AvgIpc) is 2.55. The smallest absolute Gasteiger partial charge is 0.219 e. The third-order valence-electron chi connectivity index (χ3n) is 4.71. The number of morpholine rings is 1. The molecule has 1 aromatic heterocycles. The molecule has 0 N–H and O–H groups in total. The van der Waals surface area contributed by atoms with Crippen molar-refractivity contribution in [2.24, 2.45) is 0 Å². The van der Waals surface area contributed by atoms with Gasteiger partial charge in [-0.25, -0.2) is 4.98 Å². The van der Waals surface area contributed by atoms with Gasteiger partial charge in [0, 0.05) is 32.3 Å². The summed E-state index contributed by atoms with van der Waals surface area (Å²) in [6.07, 6.45) is 3.33. The van der Waals surface area contributed by atoms with E-state index < -0.39 is 0 Å². The maximum absolute atomic E-state index is 11.9. The number of piperidine rings is 1. The van der Waals surface area contributed by atoms with Crippen molar-refractivity contribution in [2.75, 3.05) is 37.7 Å². The highest BCUT2D eigenvalue weighted by Crippen LogP contribution is 2.33. The van der Waals surface area contributed by atoms with E-state index in [0.717, 1.165) is 57.2 Å². The van der Waals surface area contributed by atoms with E-state index in [4.69, 9.17) is 9.72 Å². The number of hydrogen-bond donors (Lipinski definition) is 0. The standard InChI is InChI=1S/C17H25N3O2/c1-13-15(16-5-3-4-8-20(16)14(2)21)6-7-17(18-13)19-9-11-22-12-10-19/h6-7,16H,3-5,8-12H2,1-2H3/t16-/m0/s1. The molecule has 1 aromatic rings. The zero-order valence-corrected chi connectivity index (χ0v) is 13.5. The number of carbonyl (C=O) groups is 1. The van der Waals surface area contributed by atoms with Gasteiger partial charge in [-0.3, -0.25) is 4.79 Å². The van der Waals surface area contributed by atoms with E-state index >= 15 is 0 Å². The normalized spacial score (nSPS) is 22.7. The molecule has 5 heteroatoms. The lowest BCUT2D eigenvalue weighted by molar-refractivity contribution is -0.132. The van der Waals surface area contributed by atoms with Crippen LogP contribution in [0.1, 0.15) is 43.5 Å². The molecular weight excluding hydrogens is 278 g/mol. The lowest BCUT2D eigenvalue weighted by Crippen LogP contribution is -2.38. The van der Waals surface area contributed by atoms with Gasteiger partial charge in [-0.15, -0.1) is 0 Å². The number of rotatable bonds is 2. The molecule has 2 aliphatic rings. The Hall–Kier alpha value is -1.62. The molecule has 5 nitrogen and oxygen atoms in total. The van der Waals surface area contributed by atoms with Crippen LogP contribution in [0, 0.1) is 6.92 Å². The van der Waals surface area contributed by atoms with Crippen LogP contribution in [0.25, 0.3) is 0 Å². The van der Waals surface area contributed by atoms with Crippen molar-refractivity contribution >= 4 is 11.7 Å². The Morgan fingerprint density at radius 3 is 2.68 bits per heavy atom. The molecule has 2 fully saturated rings. The Balaban J connectivity index is 1.83. The first-order valence-electron chi connectivity index (χ1n) is 8.24. The van der Waals surface area contributed by atoms with Gasteiger partial charge in [0.05, 0.1) is 19.3 Å².